The molecule has 2 aromatic rings. The van der Waals surface area contributed by atoms with Gasteiger partial charge in [-0.2, -0.15) is 0 Å². The molecule has 0 radical (unpaired) electrons. The van der Waals surface area contributed by atoms with Crippen molar-refractivity contribution in [1.82, 2.24) is 9.80 Å². The first kappa shape index (κ1) is 15.3. The van der Waals surface area contributed by atoms with Crippen LogP contribution in [0, 0.1) is 0 Å². The average Bonchev–Trinajstić information content (AvgIpc) is 3.06. The summed E-state index contributed by atoms with van der Waals surface area (Å²) in [5.41, 5.74) is 0.900. The summed E-state index contributed by atoms with van der Waals surface area (Å²) in [6.07, 6.45) is 0.808. The molecule has 0 saturated carbocycles. The Hall–Kier alpha value is -2.24. The Balaban J connectivity index is 1.80. The van der Waals surface area contributed by atoms with Gasteiger partial charge < -0.3 is 4.74 Å². The van der Waals surface area contributed by atoms with E-state index in [-0.39, 0.29) is 17.4 Å². The van der Waals surface area contributed by atoms with Crippen LogP contribution in [0.3, 0.4) is 0 Å². The molecular formula is C19H20N2O3. The maximum atomic E-state index is 13.0. The fourth-order valence-corrected chi connectivity index (χ4v) is 3.73. The minimum atomic E-state index is -0.314. The third-order valence-corrected chi connectivity index (χ3v) is 5.34. The molecule has 4 rings (SSSR count). The Morgan fingerprint density at radius 1 is 1.08 bits per heavy atom. The second-order valence-electron chi connectivity index (χ2n) is 6.83. The van der Waals surface area contributed by atoms with Gasteiger partial charge in [-0.15, -0.1) is 0 Å². The predicted octanol–water partition coefficient (Wildman–Crippen LogP) is 2.16. The van der Waals surface area contributed by atoms with Crippen LogP contribution in [0.4, 0.5) is 0 Å². The molecule has 5 heteroatoms. The number of benzene rings is 2. The quantitative estimate of drug-likeness (QED) is 0.812. The highest BCUT2D eigenvalue weighted by Crippen LogP contribution is 2.33. The van der Waals surface area contributed by atoms with Crippen LogP contribution in [-0.2, 0) is 4.74 Å². The summed E-state index contributed by atoms with van der Waals surface area (Å²) >= 11 is 0. The zero-order chi connectivity index (χ0) is 16.9. The summed E-state index contributed by atoms with van der Waals surface area (Å²) in [4.78, 5) is 29.5. The summed E-state index contributed by atoms with van der Waals surface area (Å²) in [7, 11) is 3.95. The molecule has 1 unspecified atom stereocenters. The van der Waals surface area contributed by atoms with Crippen molar-refractivity contribution >= 4 is 22.6 Å². The van der Waals surface area contributed by atoms with Crippen LogP contribution in [0.15, 0.2) is 36.4 Å². The third-order valence-electron chi connectivity index (χ3n) is 5.34. The van der Waals surface area contributed by atoms with Gasteiger partial charge in [-0.25, -0.2) is 0 Å². The van der Waals surface area contributed by atoms with E-state index in [4.69, 9.17) is 4.74 Å². The van der Waals surface area contributed by atoms with Gasteiger partial charge in [0.2, 0.25) is 0 Å². The first-order chi connectivity index (χ1) is 11.5. The topological polar surface area (TPSA) is 49.9 Å². The molecule has 5 nitrogen and oxygen atoms in total. The van der Waals surface area contributed by atoms with E-state index in [0.717, 1.165) is 17.2 Å². The van der Waals surface area contributed by atoms with Gasteiger partial charge in [0.1, 0.15) is 0 Å². The van der Waals surface area contributed by atoms with Crippen LogP contribution in [0.2, 0.25) is 0 Å². The fourth-order valence-electron chi connectivity index (χ4n) is 3.73. The minimum Gasteiger partial charge on any atom is -0.379 e. The number of carbonyl (C=O) groups excluding carboxylic acids is 2. The van der Waals surface area contributed by atoms with Gasteiger partial charge in [0, 0.05) is 23.1 Å². The molecule has 0 aromatic heterocycles. The highest BCUT2D eigenvalue weighted by Gasteiger charge is 2.43. The van der Waals surface area contributed by atoms with Crippen LogP contribution in [-0.4, -0.2) is 61.0 Å². The number of amides is 2. The zero-order valence-corrected chi connectivity index (χ0v) is 13.9. The van der Waals surface area contributed by atoms with E-state index in [2.05, 4.69) is 4.90 Å². The number of hydrogen-bond acceptors (Lipinski definition) is 4. The zero-order valence-electron chi connectivity index (χ0n) is 13.9. The normalized spacial score (nSPS) is 23.5. The van der Waals surface area contributed by atoms with Crippen molar-refractivity contribution in [2.45, 2.75) is 12.0 Å². The summed E-state index contributed by atoms with van der Waals surface area (Å²) in [6, 6.07) is 11.2. The average molecular weight is 324 g/mol. The second kappa shape index (κ2) is 5.40. The van der Waals surface area contributed by atoms with Gasteiger partial charge in [0.05, 0.1) is 18.7 Å². The van der Waals surface area contributed by atoms with Crippen LogP contribution in [0.1, 0.15) is 27.1 Å². The lowest BCUT2D eigenvalue weighted by Gasteiger charge is -2.39. The number of carbonyl (C=O) groups is 2. The van der Waals surface area contributed by atoms with E-state index in [1.807, 2.05) is 38.4 Å². The van der Waals surface area contributed by atoms with Gasteiger partial charge in [0.25, 0.3) is 11.8 Å². The van der Waals surface area contributed by atoms with Gasteiger partial charge in [-0.05, 0) is 38.0 Å². The lowest BCUT2D eigenvalue weighted by atomic mass is 9.91. The molecule has 2 amide bonds. The maximum absolute atomic E-state index is 13.0. The summed E-state index contributed by atoms with van der Waals surface area (Å²) in [5.74, 6) is -0.421. The van der Waals surface area contributed by atoms with E-state index < -0.39 is 0 Å². The molecular weight excluding hydrogens is 304 g/mol. The van der Waals surface area contributed by atoms with E-state index in [1.165, 1.54) is 4.90 Å². The Morgan fingerprint density at radius 2 is 1.71 bits per heavy atom. The van der Waals surface area contributed by atoms with Crippen LogP contribution < -0.4 is 0 Å². The molecule has 2 aromatic carbocycles. The SMILES string of the molecule is CN(C)C1(CN2C(=O)c3cccc4cccc(c34)C2=O)CCOC1. The number of rotatable bonds is 3. The van der Waals surface area contributed by atoms with E-state index in [1.54, 1.807) is 12.1 Å². The van der Waals surface area contributed by atoms with Crippen molar-refractivity contribution in [3.05, 3.63) is 47.5 Å². The Morgan fingerprint density at radius 3 is 2.21 bits per heavy atom. The highest BCUT2D eigenvalue weighted by atomic mass is 16.5. The molecule has 0 bridgehead atoms. The molecule has 0 N–H and O–H groups in total. The molecule has 0 spiro atoms. The second-order valence-corrected chi connectivity index (χ2v) is 6.83. The van der Waals surface area contributed by atoms with Crippen LogP contribution >= 0.6 is 0 Å². The highest BCUT2D eigenvalue weighted by molar-refractivity contribution is 6.25. The van der Waals surface area contributed by atoms with E-state index >= 15 is 0 Å². The van der Waals surface area contributed by atoms with Crippen molar-refractivity contribution < 1.29 is 14.3 Å². The Labute approximate surface area is 140 Å². The maximum Gasteiger partial charge on any atom is 0.261 e. The lowest BCUT2D eigenvalue weighted by molar-refractivity contribution is 0.0416. The standard InChI is InChI=1S/C19H20N2O3/c1-20(2)19(9-10-24-12-19)11-21-17(22)14-7-3-5-13-6-4-8-15(16(13)14)18(21)23/h3-8H,9-12H2,1-2H3. The van der Waals surface area contributed by atoms with Crippen molar-refractivity contribution in [3.63, 3.8) is 0 Å². The number of imide groups is 1. The van der Waals surface area contributed by atoms with Gasteiger partial charge >= 0.3 is 0 Å². The van der Waals surface area contributed by atoms with Gasteiger partial charge in [0.15, 0.2) is 0 Å². The van der Waals surface area contributed by atoms with E-state index in [9.17, 15) is 9.59 Å². The Kier molecular flexibility index (Phi) is 3.44. The van der Waals surface area contributed by atoms with Gasteiger partial charge in [-0.1, -0.05) is 24.3 Å². The van der Waals surface area contributed by atoms with Crippen LogP contribution in [0.25, 0.3) is 10.8 Å². The molecule has 1 saturated heterocycles. The first-order valence-corrected chi connectivity index (χ1v) is 8.17. The summed E-state index contributed by atoms with van der Waals surface area (Å²) in [5, 5.41) is 1.70. The number of nitrogens with zero attached hydrogens (tertiary/aromatic N) is 2. The van der Waals surface area contributed by atoms with Crippen molar-refractivity contribution in [2.75, 3.05) is 33.9 Å². The molecule has 1 fully saturated rings. The lowest BCUT2D eigenvalue weighted by Crippen LogP contribution is -2.56. The monoisotopic (exact) mass is 324 g/mol. The van der Waals surface area contributed by atoms with Crippen LogP contribution in [0.5, 0.6) is 0 Å². The van der Waals surface area contributed by atoms with E-state index in [0.29, 0.717) is 30.9 Å². The number of likely N-dealkylation sites (N-methyl/N-ethyl adjacent to an activating group) is 1. The molecule has 2 heterocycles. The van der Waals surface area contributed by atoms with Gasteiger partial charge in [-0.3, -0.25) is 19.4 Å². The number of hydrogen-bond donors (Lipinski definition) is 0. The molecule has 2 aliphatic rings. The molecule has 24 heavy (non-hydrogen) atoms. The van der Waals surface area contributed by atoms with Crippen molar-refractivity contribution in [3.8, 4) is 0 Å². The Bertz CT molecular complexity index is 787. The molecule has 1 atom stereocenters. The fraction of sp³-hybridized carbons (Fsp3) is 0.368. The smallest absolute Gasteiger partial charge is 0.261 e. The summed E-state index contributed by atoms with van der Waals surface area (Å²) in [6.45, 7) is 1.53. The molecule has 0 aliphatic carbocycles. The molecule has 124 valence electrons. The minimum absolute atomic E-state index is 0.211. The predicted molar refractivity (Wildman–Crippen MR) is 91.2 cm³/mol. The third kappa shape index (κ3) is 2.08. The van der Waals surface area contributed by atoms with Crippen molar-refractivity contribution in [2.24, 2.45) is 0 Å². The first-order valence-electron chi connectivity index (χ1n) is 8.17. The largest absolute Gasteiger partial charge is 0.379 e. The summed E-state index contributed by atoms with van der Waals surface area (Å²) < 4.78 is 5.57. The number of ether oxygens (including phenoxy) is 1. The van der Waals surface area contributed by atoms with Crippen molar-refractivity contribution in [1.29, 1.82) is 0 Å². The molecule has 2 aliphatic heterocycles.